The molecule has 1 aromatic heterocycles. The highest BCUT2D eigenvalue weighted by atomic mass is 35.5. The van der Waals surface area contributed by atoms with Gasteiger partial charge in [0.15, 0.2) is 0 Å². The van der Waals surface area contributed by atoms with E-state index in [4.69, 9.17) is 16.9 Å². The topological polar surface area (TPSA) is 87.8 Å². The Morgan fingerprint density at radius 1 is 1.45 bits per heavy atom. The van der Waals surface area contributed by atoms with Gasteiger partial charge in [-0.15, -0.1) is 0 Å². The minimum absolute atomic E-state index is 0.190. The van der Waals surface area contributed by atoms with Crippen LogP contribution in [0.5, 0.6) is 0 Å². The molecule has 1 heterocycles. The summed E-state index contributed by atoms with van der Waals surface area (Å²) in [4.78, 5) is 27.1. The van der Waals surface area contributed by atoms with Gasteiger partial charge in [-0.1, -0.05) is 11.6 Å². The molecule has 0 aliphatic carbocycles. The van der Waals surface area contributed by atoms with E-state index in [0.717, 1.165) is 4.57 Å². The Labute approximate surface area is 119 Å². The Hall–Kier alpha value is -2.65. The molecule has 2 aromatic rings. The summed E-state index contributed by atoms with van der Waals surface area (Å²) < 4.78 is 1.16. The van der Waals surface area contributed by atoms with Crippen molar-refractivity contribution in [2.24, 2.45) is 0 Å². The smallest absolute Gasteiger partial charge is 0.253 e. The molecule has 1 amide bonds. The molecule has 0 unspecified atom stereocenters. The van der Waals surface area contributed by atoms with Crippen LogP contribution in [0.2, 0.25) is 5.02 Å². The van der Waals surface area contributed by atoms with E-state index < -0.39 is 5.91 Å². The van der Waals surface area contributed by atoms with Crippen LogP contribution < -0.4 is 10.9 Å². The maximum atomic E-state index is 11.9. The molecule has 0 radical (unpaired) electrons. The third-order valence-electron chi connectivity index (χ3n) is 2.48. The molecular weight excluding hydrogens is 280 g/mol. The van der Waals surface area contributed by atoms with Crippen LogP contribution >= 0.6 is 11.6 Å². The third kappa shape index (κ3) is 3.22. The highest BCUT2D eigenvalue weighted by Gasteiger charge is 2.09. The zero-order valence-corrected chi connectivity index (χ0v) is 11.0. The van der Waals surface area contributed by atoms with Gasteiger partial charge in [0, 0.05) is 17.3 Å². The second-order valence-electron chi connectivity index (χ2n) is 3.90. The molecular formula is C13H9ClN4O2. The Balaban J connectivity index is 2.17. The number of carbonyl (C=O) groups is 1. The van der Waals surface area contributed by atoms with E-state index in [9.17, 15) is 9.59 Å². The van der Waals surface area contributed by atoms with Crippen molar-refractivity contribution in [1.82, 2.24) is 9.55 Å². The number of halogens is 1. The number of benzene rings is 1. The molecule has 100 valence electrons. The predicted molar refractivity (Wildman–Crippen MR) is 73.3 cm³/mol. The molecule has 0 aliphatic heterocycles. The van der Waals surface area contributed by atoms with Crippen molar-refractivity contribution in [1.29, 1.82) is 5.26 Å². The molecule has 1 aromatic carbocycles. The molecule has 0 aliphatic rings. The second-order valence-corrected chi connectivity index (χ2v) is 4.33. The summed E-state index contributed by atoms with van der Waals surface area (Å²) in [6, 6.07) is 7.75. The van der Waals surface area contributed by atoms with Gasteiger partial charge in [0.1, 0.15) is 12.6 Å². The molecule has 1 N–H and O–H groups in total. The number of aromatic nitrogens is 2. The predicted octanol–water partition coefficient (Wildman–Crippen LogP) is 1.41. The lowest BCUT2D eigenvalue weighted by molar-refractivity contribution is -0.116. The number of carbonyl (C=O) groups excluding carboxylic acids is 1. The quantitative estimate of drug-likeness (QED) is 0.925. The van der Waals surface area contributed by atoms with E-state index in [2.05, 4.69) is 10.3 Å². The average Bonchev–Trinajstić information content (AvgIpc) is 2.41. The van der Waals surface area contributed by atoms with Gasteiger partial charge in [-0.25, -0.2) is 4.98 Å². The van der Waals surface area contributed by atoms with Gasteiger partial charge in [-0.05, 0) is 18.2 Å². The Kier molecular flexibility index (Phi) is 4.13. The van der Waals surface area contributed by atoms with Gasteiger partial charge in [-0.3, -0.25) is 14.2 Å². The van der Waals surface area contributed by atoms with E-state index in [-0.39, 0.29) is 12.1 Å². The van der Waals surface area contributed by atoms with Gasteiger partial charge in [0.2, 0.25) is 5.91 Å². The van der Waals surface area contributed by atoms with Crippen molar-refractivity contribution in [3.63, 3.8) is 0 Å². The van der Waals surface area contributed by atoms with Crippen LogP contribution in [-0.2, 0) is 11.3 Å². The third-order valence-corrected chi connectivity index (χ3v) is 2.72. The maximum Gasteiger partial charge on any atom is 0.253 e. The lowest BCUT2D eigenvalue weighted by Gasteiger charge is -2.08. The van der Waals surface area contributed by atoms with E-state index in [1.165, 1.54) is 30.7 Å². The number of rotatable bonds is 3. The van der Waals surface area contributed by atoms with Crippen LogP contribution in [0.1, 0.15) is 5.56 Å². The van der Waals surface area contributed by atoms with Crippen LogP contribution in [0.3, 0.4) is 0 Å². The summed E-state index contributed by atoms with van der Waals surface area (Å²) in [5.41, 5.74) is 0.268. The van der Waals surface area contributed by atoms with Crippen molar-refractivity contribution in [3.05, 3.63) is 57.7 Å². The number of hydrogen-bond donors (Lipinski definition) is 1. The molecule has 20 heavy (non-hydrogen) atoms. The van der Waals surface area contributed by atoms with E-state index in [1.807, 2.05) is 6.07 Å². The van der Waals surface area contributed by atoms with Crippen molar-refractivity contribution in [3.8, 4) is 6.07 Å². The zero-order chi connectivity index (χ0) is 14.5. The fourth-order valence-electron chi connectivity index (χ4n) is 1.56. The second kappa shape index (κ2) is 5.99. The first-order valence-corrected chi connectivity index (χ1v) is 5.98. The highest BCUT2D eigenvalue weighted by molar-refractivity contribution is 6.31. The Morgan fingerprint density at radius 3 is 2.95 bits per heavy atom. The molecule has 0 atom stereocenters. The molecule has 0 saturated carbocycles. The number of amides is 1. The standard InChI is InChI=1S/C13H9ClN4O2/c14-10-2-1-9(6-15)11(5-10)17-12(19)7-18-8-16-4-3-13(18)20/h1-5,8H,7H2,(H,17,19). The number of hydrogen-bond acceptors (Lipinski definition) is 4. The number of nitrogens with zero attached hydrogens (tertiary/aromatic N) is 3. The summed E-state index contributed by atoms with van der Waals surface area (Å²) in [6.45, 7) is -0.190. The van der Waals surface area contributed by atoms with Crippen molar-refractivity contribution in [2.75, 3.05) is 5.32 Å². The lowest BCUT2D eigenvalue weighted by atomic mass is 10.2. The van der Waals surface area contributed by atoms with Gasteiger partial charge < -0.3 is 5.32 Å². The van der Waals surface area contributed by atoms with Gasteiger partial charge >= 0.3 is 0 Å². The highest BCUT2D eigenvalue weighted by Crippen LogP contribution is 2.20. The summed E-state index contributed by atoms with van der Waals surface area (Å²) in [6.07, 6.45) is 2.62. The fourth-order valence-corrected chi connectivity index (χ4v) is 1.73. The Bertz CT molecular complexity index is 749. The Morgan fingerprint density at radius 2 is 2.25 bits per heavy atom. The largest absolute Gasteiger partial charge is 0.323 e. The first-order chi connectivity index (χ1) is 9.60. The van der Waals surface area contributed by atoms with Crippen LogP contribution in [-0.4, -0.2) is 15.5 Å². The number of anilines is 1. The summed E-state index contributed by atoms with van der Waals surface area (Å²) in [5, 5.41) is 11.9. The monoisotopic (exact) mass is 288 g/mol. The lowest BCUT2D eigenvalue weighted by Crippen LogP contribution is -2.27. The van der Waals surface area contributed by atoms with E-state index in [0.29, 0.717) is 16.3 Å². The summed E-state index contributed by atoms with van der Waals surface area (Å²) in [5.74, 6) is -0.445. The van der Waals surface area contributed by atoms with Crippen LogP contribution in [0.4, 0.5) is 5.69 Å². The zero-order valence-electron chi connectivity index (χ0n) is 10.2. The first-order valence-electron chi connectivity index (χ1n) is 5.60. The minimum atomic E-state index is -0.445. The minimum Gasteiger partial charge on any atom is -0.323 e. The molecule has 7 heteroatoms. The molecule has 0 fully saturated rings. The summed E-state index contributed by atoms with van der Waals surface area (Å²) >= 11 is 5.82. The van der Waals surface area contributed by atoms with E-state index in [1.54, 1.807) is 6.07 Å². The maximum absolute atomic E-state index is 11.9. The van der Waals surface area contributed by atoms with Gasteiger partial charge in [0.05, 0.1) is 17.6 Å². The molecule has 0 spiro atoms. The average molecular weight is 289 g/mol. The van der Waals surface area contributed by atoms with Gasteiger partial charge in [0.25, 0.3) is 5.56 Å². The first kappa shape index (κ1) is 13.8. The van der Waals surface area contributed by atoms with E-state index >= 15 is 0 Å². The molecule has 6 nitrogen and oxygen atoms in total. The van der Waals surface area contributed by atoms with Crippen molar-refractivity contribution >= 4 is 23.2 Å². The van der Waals surface area contributed by atoms with Crippen molar-refractivity contribution < 1.29 is 4.79 Å². The normalized spacial score (nSPS) is 9.80. The van der Waals surface area contributed by atoms with Crippen LogP contribution in [0, 0.1) is 11.3 Å². The van der Waals surface area contributed by atoms with Gasteiger partial charge in [-0.2, -0.15) is 5.26 Å². The summed E-state index contributed by atoms with van der Waals surface area (Å²) in [7, 11) is 0. The molecule has 2 rings (SSSR count). The molecule has 0 saturated heterocycles. The molecule has 0 bridgehead atoms. The fraction of sp³-hybridized carbons (Fsp3) is 0.0769. The number of nitrogens with one attached hydrogen (secondary N) is 1. The number of nitriles is 1. The van der Waals surface area contributed by atoms with Crippen LogP contribution in [0.25, 0.3) is 0 Å². The van der Waals surface area contributed by atoms with Crippen LogP contribution in [0.15, 0.2) is 41.6 Å². The van der Waals surface area contributed by atoms with Crippen molar-refractivity contribution in [2.45, 2.75) is 6.54 Å². The SMILES string of the molecule is N#Cc1ccc(Cl)cc1NC(=O)Cn1cnccc1=O.